The van der Waals surface area contributed by atoms with Crippen LogP contribution in [-0.2, 0) is 30.8 Å². The van der Waals surface area contributed by atoms with Gasteiger partial charge in [0.05, 0.1) is 24.5 Å². The average Bonchev–Trinajstić information content (AvgIpc) is 2.80. The van der Waals surface area contributed by atoms with Crippen LogP contribution < -0.4 is 5.32 Å². The zero-order valence-electron chi connectivity index (χ0n) is 19.2. The highest BCUT2D eigenvalue weighted by Crippen LogP contribution is 2.28. The molecule has 0 spiro atoms. The van der Waals surface area contributed by atoms with Crippen molar-refractivity contribution >= 4 is 27.6 Å². The molecule has 1 aliphatic carbocycles. The van der Waals surface area contributed by atoms with Crippen LogP contribution >= 0.6 is 0 Å². The number of aryl methyl sites for hydroxylation is 1. The number of anilines is 1. The molecule has 0 heterocycles. The van der Waals surface area contributed by atoms with E-state index in [1.54, 1.807) is 55.5 Å². The Balaban J connectivity index is 1.72. The Morgan fingerprint density at radius 3 is 2.24 bits per heavy atom. The molecular formula is C25H32N2O5S. The van der Waals surface area contributed by atoms with E-state index in [1.165, 1.54) is 4.31 Å². The Hall–Kier alpha value is -2.71. The first-order valence-electron chi connectivity index (χ1n) is 11.4. The van der Waals surface area contributed by atoms with Crippen LogP contribution in [0.2, 0.25) is 0 Å². The van der Waals surface area contributed by atoms with Gasteiger partial charge in [-0.2, -0.15) is 4.31 Å². The minimum atomic E-state index is -3.81. The highest BCUT2D eigenvalue weighted by atomic mass is 32.2. The number of ether oxygens (including phenoxy) is 1. The molecule has 1 aliphatic rings. The van der Waals surface area contributed by atoms with Gasteiger partial charge in [-0.3, -0.25) is 9.59 Å². The van der Waals surface area contributed by atoms with E-state index in [1.807, 2.05) is 6.92 Å². The average molecular weight is 473 g/mol. The molecule has 3 rings (SSSR count). The van der Waals surface area contributed by atoms with Crippen molar-refractivity contribution in [1.82, 2.24) is 4.31 Å². The number of hydrogen-bond donors (Lipinski definition) is 1. The molecule has 0 atom stereocenters. The summed E-state index contributed by atoms with van der Waals surface area (Å²) >= 11 is 0. The van der Waals surface area contributed by atoms with Gasteiger partial charge in [0.2, 0.25) is 15.9 Å². The lowest BCUT2D eigenvalue weighted by Crippen LogP contribution is -2.45. The van der Waals surface area contributed by atoms with Gasteiger partial charge in [0, 0.05) is 11.7 Å². The minimum Gasteiger partial charge on any atom is -0.466 e. The third kappa shape index (κ3) is 6.88. The van der Waals surface area contributed by atoms with Gasteiger partial charge >= 0.3 is 5.97 Å². The van der Waals surface area contributed by atoms with E-state index < -0.39 is 15.9 Å². The van der Waals surface area contributed by atoms with E-state index in [0.29, 0.717) is 12.3 Å². The molecule has 1 saturated carbocycles. The zero-order chi connectivity index (χ0) is 23.8. The standard InChI is InChI=1S/C25H32N2O5S/c1-3-32-25(29)17-20-11-13-21(14-12-20)26-24(28)18-27(22-7-5-4-6-8-22)33(30,31)23-15-9-19(2)10-16-23/h9-16,22H,3-8,17-18H2,1-2H3,(H,26,28). The number of esters is 1. The van der Waals surface area contributed by atoms with Crippen molar-refractivity contribution in [2.45, 2.75) is 63.3 Å². The van der Waals surface area contributed by atoms with Gasteiger partial charge in [-0.15, -0.1) is 0 Å². The number of sulfonamides is 1. The molecule has 33 heavy (non-hydrogen) atoms. The third-order valence-corrected chi connectivity index (χ3v) is 7.71. The van der Waals surface area contributed by atoms with Crippen LogP contribution in [0.25, 0.3) is 0 Å². The monoisotopic (exact) mass is 472 g/mol. The van der Waals surface area contributed by atoms with Gasteiger partial charge in [-0.25, -0.2) is 8.42 Å². The van der Waals surface area contributed by atoms with Crippen LogP contribution in [0.4, 0.5) is 5.69 Å². The van der Waals surface area contributed by atoms with Crippen molar-refractivity contribution in [3.63, 3.8) is 0 Å². The van der Waals surface area contributed by atoms with Crippen LogP contribution in [0, 0.1) is 6.92 Å². The summed E-state index contributed by atoms with van der Waals surface area (Å²) in [6, 6.07) is 13.4. The molecule has 0 saturated heterocycles. The number of benzene rings is 2. The van der Waals surface area contributed by atoms with Crippen LogP contribution in [0.3, 0.4) is 0 Å². The van der Waals surface area contributed by atoms with Crippen molar-refractivity contribution in [3.05, 3.63) is 59.7 Å². The van der Waals surface area contributed by atoms with E-state index in [2.05, 4.69) is 5.32 Å². The highest BCUT2D eigenvalue weighted by molar-refractivity contribution is 7.89. The third-order valence-electron chi connectivity index (χ3n) is 5.80. The van der Waals surface area contributed by atoms with E-state index >= 15 is 0 Å². The van der Waals surface area contributed by atoms with Crippen LogP contribution in [0.5, 0.6) is 0 Å². The fourth-order valence-corrected chi connectivity index (χ4v) is 5.69. The number of carbonyl (C=O) groups is 2. The van der Waals surface area contributed by atoms with Gasteiger partial charge < -0.3 is 10.1 Å². The fourth-order valence-electron chi connectivity index (χ4n) is 4.05. The van der Waals surface area contributed by atoms with E-state index in [0.717, 1.165) is 43.2 Å². The Labute approximate surface area is 196 Å². The lowest BCUT2D eigenvalue weighted by atomic mass is 9.95. The summed E-state index contributed by atoms with van der Waals surface area (Å²) in [4.78, 5) is 24.7. The largest absolute Gasteiger partial charge is 0.466 e. The SMILES string of the molecule is CCOC(=O)Cc1ccc(NC(=O)CN(C2CCCCC2)S(=O)(=O)c2ccc(C)cc2)cc1. The molecule has 0 radical (unpaired) electrons. The van der Waals surface area contributed by atoms with Crippen LogP contribution in [0.1, 0.15) is 50.2 Å². The molecule has 7 nitrogen and oxygen atoms in total. The van der Waals surface area contributed by atoms with E-state index in [9.17, 15) is 18.0 Å². The van der Waals surface area contributed by atoms with Crippen molar-refractivity contribution in [2.24, 2.45) is 0 Å². The lowest BCUT2D eigenvalue weighted by Gasteiger charge is -2.33. The molecule has 2 aromatic carbocycles. The van der Waals surface area contributed by atoms with Gasteiger partial charge in [-0.05, 0) is 56.5 Å². The summed E-state index contributed by atoms with van der Waals surface area (Å²) in [5.41, 5.74) is 2.29. The molecule has 0 bridgehead atoms. The normalized spacial score (nSPS) is 14.8. The topological polar surface area (TPSA) is 92.8 Å². The van der Waals surface area contributed by atoms with Crippen molar-refractivity contribution in [1.29, 1.82) is 0 Å². The molecular weight excluding hydrogens is 440 g/mol. The van der Waals surface area contributed by atoms with E-state index in [4.69, 9.17) is 4.74 Å². The molecule has 0 aromatic heterocycles. The molecule has 1 fully saturated rings. The van der Waals surface area contributed by atoms with Crippen LogP contribution in [-0.4, -0.2) is 43.8 Å². The first-order valence-corrected chi connectivity index (χ1v) is 12.9. The second-order valence-electron chi connectivity index (χ2n) is 8.38. The summed E-state index contributed by atoms with van der Waals surface area (Å²) in [5, 5.41) is 2.79. The Morgan fingerprint density at radius 1 is 1.00 bits per heavy atom. The zero-order valence-corrected chi connectivity index (χ0v) is 20.1. The fraction of sp³-hybridized carbons (Fsp3) is 0.440. The quantitative estimate of drug-likeness (QED) is 0.556. The summed E-state index contributed by atoms with van der Waals surface area (Å²) in [5.74, 6) is -0.701. The van der Waals surface area contributed by atoms with Crippen molar-refractivity contribution in [3.8, 4) is 0 Å². The number of rotatable bonds is 9. The summed E-state index contributed by atoms with van der Waals surface area (Å²) in [6.07, 6.45) is 4.65. The first-order chi connectivity index (χ1) is 15.8. The number of amides is 1. The van der Waals surface area contributed by atoms with Crippen molar-refractivity contribution in [2.75, 3.05) is 18.5 Å². The molecule has 1 amide bonds. The maximum absolute atomic E-state index is 13.4. The lowest BCUT2D eigenvalue weighted by molar-refractivity contribution is -0.142. The maximum Gasteiger partial charge on any atom is 0.310 e. The van der Waals surface area contributed by atoms with E-state index in [-0.39, 0.29) is 29.9 Å². The highest BCUT2D eigenvalue weighted by Gasteiger charge is 2.34. The van der Waals surface area contributed by atoms with Gasteiger partial charge in [0.15, 0.2) is 0 Å². The second kappa shape index (κ2) is 11.4. The molecule has 0 unspecified atom stereocenters. The molecule has 1 N–H and O–H groups in total. The van der Waals surface area contributed by atoms with Gasteiger partial charge in [0.1, 0.15) is 0 Å². The Kier molecular flexibility index (Phi) is 8.63. The summed E-state index contributed by atoms with van der Waals surface area (Å²) in [7, 11) is -3.81. The number of nitrogens with one attached hydrogen (secondary N) is 1. The smallest absolute Gasteiger partial charge is 0.310 e. The number of nitrogens with zero attached hydrogens (tertiary/aromatic N) is 1. The Bertz CT molecular complexity index is 1040. The number of carbonyl (C=O) groups excluding carboxylic acids is 2. The van der Waals surface area contributed by atoms with Gasteiger partial charge in [-0.1, -0.05) is 49.1 Å². The van der Waals surface area contributed by atoms with Crippen molar-refractivity contribution < 1.29 is 22.7 Å². The second-order valence-corrected chi connectivity index (χ2v) is 10.3. The molecule has 8 heteroatoms. The predicted molar refractivity (Wildman–Crippen MR) is 127 cm³/mol. The Morgan fingerprint density at radius 2 is 1.64 bits per heavy atom. The van der Waals surface area contributed by atoms with Gasteiger partial charge in [0.25, 0.3) is 0 Å². The summed E-state index contributed by atoms with van der Waals surface area (Å²) in [6.45, 7) is 3.74. The molecule has 178 valence electrons. The minimum absolute atomic E-state index is 0.159. The first kappa shape index (κ1) is 24.9. The maximum atomic E-state index is 13.4. The number of hydrogen-bond acceptors (Lipinski definition) is 5. The summed E-state index contributed by atoms with van der Waals surface area (Å²) < 4.78 is 33.2. The molecule has 0 aliphatic heterocycles. The molecule has 2 aromatic rings. The van der Waals surface area contributed by atoms with Crippen LogP contribution in [0.15, 0.2) is 53.4 Å². The predicted octanol–water partition coefficient (Wildman–Crippen LogP) is 4.06.